The fourth-order valence-corrected chi connectivity index (χ4v) is 2.93. The summed E-state index contributed by atoms with van der Waals surface area (Å²) in [5.41, 5.74) is -0.798. The van der Waals surface area contributed by atoms with E-state index in [2.05, 4.69) is 12.2 Å². The monoisotopic (exact) mass is 290 g/mol. The van der Waals surface area contributed by atoms with Gasteiger partial charge in [-0.3, -0.25) is 9.59 Å². The van der Waals surface area contributed by atoms with Crippen LogP contribution in [0.3, 0.4) is 0 Å². The maximum absolute atomic E-state index is 12.6. The molecule has 2 heterocycles. The minimum absolute atomic E-state index is 0.0198. The van der Waals surface area contributed by atoms with Gasteiger partial charge < -0.3 is 14.6 Å². The number of carbonyl (C=O) groups excluding carboxylic acids is 2. The van der Waals surface area contributed by atoms with E-state index in [9.17, 15) is 9.59 Å². The van der Waals surface area contributed by atoms with Crippen molar-refractivity contribution in [3.05, 3.63) is 24.2 Å². The molecule has 1 aromatic heterocycles. The van der Waals surface area contributed by atoms with Crippen molar-refractivity contribution in [3.8, 4) is 0 Å². The largest absolute Gasteiger partial charge is 0.467 e. The zero-order valence-corrected chi connectivity index (χ0v) is 12.4. The SMILES string of the molecule is CC1CCN(C(=O)C2(C(=O)NCc3ccco3)CC2)CC1. The molecule has 0 bridgehead atoms. The molecule has 0 aromatic carbocycles. The lowest BCUT2D eigenvalue weighted by molar-refractivity contribution is -0.145. The molecule has 1 N–H and O–H groups in total. The number of amides is 2. The first-order valence-corrected chi connectivity index (χ1v) is 7.72. The highest BCUT2D eigenvalue weighted by Gasteiger charge is 2.58. The first-order chi connectivity index (χ1) is 10.1. The van der Waals surface area contributed by atoms with Crippen molar-refractivity contribution >= 4 is 11.8 Å². The molecule has 114 valence electrons. The van der Waals surface area contributed by atoms with E-state index in [0.29, 0.717) is 31.1 Å². The van der Waals surface area contributed by atoms with Crippen molar-refractivity contribution < 1.29 is 14.0 Å². The maximum atomic E-state index is 12.6. The minimum Gasteiger partial charge on any atom is -0.467 e. The smallest absolute Gasteiger partial charge is 0.238 e. The Morgan fingerprint density at radius 2 is 2.10 bits per heavy atom. The molecular weight excluding hydrogens is 268 g/mol. The second-order valence-electron chi connectivity index (χ2n) is 6.32. The van der Waals surface area contributed by atoms with E-state index >= 15 is 0 Å². The van der Waals surface area contributed by atoms with Gasteiger partial charge >= 0.3 is 0 Å². The standard InChI is InChI=1S/C16H22N2O3/c1-12-4-8-18(9-5-12)15(20)16(6-7-16)14(19)17-11-13-3-2-10-21-13/h2-3,10,12H,4-9,11H2,1H3,(H,17,19). The van der Waals surface area contributed by atoms with Crippen molar-refractivity contribution in [2.24, 2.45) is 11.3 Å². The van der Waals surface area contributed by atoms with Crippen LogP contribution in [-0.4, -0.2) is 29.8 Å². The van der Waals surface area contributed by atoms with Crippen LogP contribution in [0.2, 0.25) is 0 Å². The molecule has 1 saturated heterocycles. The average Bonchev–Trinajstić information content (AvgIpc) is 3.14. The zero-order chi connectivity index (χ0) is 14.9. The van der Waals surface area contributed by atoms with Crippen LogP contribution in [0.4, 0.5) is 0 Å². The van der Waals surface area contributed by atoms with Crippen LogP contribution >= 0.6 is 0 Å². The molecule has 0 radical (unpaired) electrons. The molecule has 0 unspecified atom stereocenters. The third-order valence-corrected chi connectivity index (χ3v) is 4.67. The van der Waals surface area contributed by atoms with Crippen LogP contribution in [0.1, 0.15) is 38.4 Å². The lowest BCUT2D eigenvalue weighted by Crippen LogP contribution is -2.47. The van der Waals surface area contributed by atoms with E-state index in [-0.39, 0.29) is 11.8 Å². The Kier molecular flexibility index (Phi) is 3.74. The second-order valence-corrected chi connectivity index (χ2v) is 6.32. The number of rotatable bonds is 4. The van der Waals surface area contributed by atoms with Gasteiger partial charge in [-0.2, -0.15) is 0 Å². The number of hydrogen-bond acceptors (Lipinski definition) is 3. The van der Waals surface area contributed by atoms with Gasteiger partial charge in [-0.15, -0.1) is 0 Å². The third kappa shape index (κ3) is 2.82. The van der Waals surface area contributed by atoms with Gasteiger partial charge in [-0.25, -0.2) is 0 Å². The lowest BCUT2D eigenvalue weighted by Gasteiger charge is -2.32. The molecule has 2 amide bonds. The zero-order valence-electron chi connectivity index (χ0n) is 12.4. The van der Waals surface area contributed by atoms with Crippen LogP contribution in [0.15, 0.2) is 22.8 Å². The van der Waals surface area contributed by atoms with Gasteiger partial charge in [0.15, 0.2) is 0 Å². The molecule has 21 heavy (non-hydrogen) atoms. The van der Waals surface area contributed by atoms with E-state index in [1.165, 1.54) is 0 Å². The molecule has 1 aliphatic heterocycles. The normalized spacial score (nSPS) is 21.1. The summed E-state index contributed by atoms with van der Waals surface area (Å²) >= 11 is 0. The van der Waals surface area contributed by atoms with Crippen LogP contribution in [0.25, 0.3) is 0 Å². The van der Waals surface area contributed by atoms with Gasteiger partial charge in [0.25, 0.3) is 0 Å². The molecule has 3 rings (SSSR count). The summed E-state index contributed by atoms with van der Waals surface area (Å²) < 4.78 is 5.20. The Bertz CT molecular complexity index is 512. The molecule has 2 aliphatic rings. The Hall–Kier alpha value is -1.78. The van der Waals surface area contributed by atoms with Crippen LogP contribution < -0.4 is 5.32 Å². The van der Waals surface area contributed by atoms with Crippen molar-refractivity contribution in [1.82, 2.24) is 10.2 Å². The summed E-state index contributed by atoms with van der Waals surface area (Å²) in [6.07, 6.45) is 4.99. The maximum Gasteiger partial charge on any atom is 0.238 e. The molecule has 5 nitrogen and oxygen atoms in total. The summed E-state index contributed by atoms with van der Waals surface area (Å²) in [5.74, 6) is 1.25. The van der Waals surface area contributed by atoms with Gasteiger partial charge in [0.05, 0.1) is 12.8 Å². The quantitative estimate of drug-likeness (QED) is 0.862. The molecule has 2 fully saturated rings. The molecular formula is C16H22N2O3. The van der Waals surface area contributed by atoms with Crippen LogP contribution in [0.5, 0.6) is 0 Å². The van der Waals surface area contributed by atoms with E-state index in [0.717, 1.165) is 25.9 Å². The van der Waals surface area contributed by atoms with Crippen molar-refractivity contribution in [2.45, 2.75) is 39.2 Å². The number of likely N-dealkylation sites (tertiary alicyclic amines) is 1. The highest BCUT2D eigenvalue weighted by Crippen LogP contribution is 2.48. The topological polar surface area (TPSA) is 62.6 Å². The first kappa shape index (κ1) is 14.2. The summed E-state index contributed by atoms with van der Waals surface area (Å²) in [6.45, 7) is 4.13. The Balaban J connectivity index is 1.58. The Morgan fingerprint density at radius 3 is 2.67 bits per heavy atom. The van der Waals surface area contributed by atoms with Gasteiger partial charge in [0.1, 0.15) is 11.2 Å². The summed E-state index contributed by atoms with van der Waals surface area (Å²) in [5, 5.41) is 2.84. The first-order valence-electron chi connectivity index (χ1n) is 7.72. The van der Waals surface area contributed by atoms with Crippen molar-refractivity contribution in [1.29, 1.82) is 0 Å². The highest BCUT2D eigenvalue weighted by atomic mass is 16.3. The molecule has 0 spiro atoms. The van der Waals surface area contributed by atoms with Crippen LogP contribution in [0, 0.1) is 11.3 Å². The van der Waals surface area contributed by atoms with E-state index < -0.39 is 5.41 Å². The second kappa shape index (κ2) is 5.54. The van der Waals surface area contributed by atoms with Crippen molar-refractivity contribution in [3.63, 3.8) is 0 Å². The number of piperidine rings is 1. The molecule has 5 heteroatoms. The molecule has 1 aromatic rings. The van der Waals surface area contributed by atoms with E-state index in [4.69, 9.17) is 4.42 Å². The number of furan rings is 1. The summed E-state index contributed by atoms with van der Waals surface area (Å²) in [6, 6.07) is 3.60. The van der Waals surface area contributed by atoms with Gasteiger partial charge in [0, 0.05) is 13.1 Å². The van der Waals surface area contributed by atoms with Gasteiger partial charge in [0.2, 0.25) is 11.8 Å². The number of hydrogen-bond donors (Lipinski definition) is 1. The van der Waals surface area contributed by atoms with Gasteiger partial charge in [-0.05, 0) is 43.7 Å². The number of nitrogens with one attached hydrogen (secondary N) is 1. The predicted octanol–water partition coefficient (Wildman–Crippen LogP) is 1.93. The minimum atomic E-state index is -0.798. The number of carbonyl (C=O) groups is 2. The van der Waals surface area contributed by atoms with E-state index in [1.54, 1.807) is 12.3 Å². The Morgan fingerprint density at radius 1 is 1.38 bits per heavy atom. The summed E-state index contributed by atoms with van der Waals surface area (Å²) in [7, 11) is 0. The lowest BCUT2D eigenvalue weighted by atomic mass is 9.96. The molecule has 1 saturated carbocycles. The Labute approximate surface area is 124 Å². The van der Waals surface area contributed by atoms with Gasteiger partial charge in [-0.1, -0.05) is 6.92 Å². The van der Waals surface area contributed by atoms with Crippen molar-refractivity contribution in [2.75, 3.05) is 13.1 Å². The fraction of sp³-hybridized carbons (Fsp3) is 0.625. The average molecular weight is 290 g/mol. The van der Waals surface area contributed by atoms with E-state index in [1.807, 2.05) is 11.0 Å². The summed E-state index contributed by atoms with van der Waals surface area (Å²) in [4.78, 5) is 26.9. The predicted molar refractivity (Wildman–Crippen MR) is 77.2 cm³/mol. The molecule has 0 atom stereocenters. The fourth-order valence-electron chi connectivity index (χ4n) is 2.93. The number of nitrogens with zero attached hydrogens (tertiary/aromatic N) is 1. The third-order valence-electron chi connectivity index (χ3n) is 4.67. The highest BCUT2D eigenvalue weighted by molar-refractivity contribution is 6.07. The molecule has 1 aliphatic carbocycles. The van der Waals surface area contributed by atoms with Crippen LogP contribution in [-0.2, 0) is 16.1 Å².